The van der Waals surface area contributed by atoms with E-state index in [1.807, 2.05) is 0 Å². The molecule has 136 valence electrons. The Kier molecular flexibility index (Phi) is 4.52. The Balaban J connectivity index is 1.71. The van der Waals surface area contributed by atoms with E-state index in [2.05, 4.69) is 0 Å². The molecule has 0 N–H and O–H groups in total. The second kappa shape index (κ2) is 6.36. The summed E-state index contributed by atoms with van der Waals surface area (Å²) in [7, 11) is -1.58. The molecule has 0 aliphatic carbocycles. The maximum Gasteiger partial charge on any atom is 0.228 e. The van der Waals surface area contributed by atoms with Crippen molar-refractivity contribution in [3.63, 3.8) is 0 Å². The fourth-order valence-electron chi connectivity index (χ4n) is 3.32. The van der Waals surface area contributed by atoms with Crippen molar-refractivity contribution in [1.29, 1.82) is 0 Å². The van der Waals surface area contributed by atoms with Gasteiger partial charge in [-0.1, -0.05) is 0 Å². The van der Waals surface area contributed by atoms with Crippen molar-refractivity contribution in [2.24, 2.45) is 5.92 Å². The Hall–Kier alpha value is -2.03. The molecule has 2 aliphatic rings. The lowest BCUT2D eigenvalue weighted by Gasteiger charge is -2.26. The van der Waals surface area contributed by atoms with Crippen LogP contribution in [0.5, 0.6) is 0 Å². The Morgan fingerprint density at radius 3 is 2.60 bits per heavy atom. The first kappa shape index (κ1) is 17.8. The van der Waals surface area contributed by atoms with E-state index in [0.717, 1.165) is 12.1 Å². The van der Waals surface area contributed by atoms with Gasteiger partial charge in [-0.25, -0.2) is 17.2 Å². The van der Waals surface area contributed by atoms with E-state index in [0.29, 0.717) is 6.42 Å². The quantitative estimate of drug-likeness (QED) is 0.792. The number of carbonyl (C=O) groups is 2. The average molecular weight is 372 g/mol. The fraction of sp³-hybridized carbons (Fsp3) is 0.500. The molecule has 0 bridgehead atoms. The van der Waals surface area contributed by atoms with E-state index in [4.69, 9.17) is 0 Å². The Morgan fingerprint density at radius 2 is 2.00 bits per heavy atom. The molecule has 0 radical (unpaired) electrons. The number of hydrogen-bond acceptors (Lipinski definition) is 4. The number of rotatable bonds is 3. The molecule has 2 aliphatic heterocycles. The number of anilines is 1. The van der Waals surface area contributed by atoms with Crippen molar-refractivity contribution in [3.8, 4) is 0 Å². The van der Waals surface area contributed by atoms with Gasteiger partial charge in [-0.2, -0.15) is 0 Å². The molecule has 1 aromatic carbocycles. The molecule has 2 saturated heterocycles. The predicted octanol–water partition coefficient (Wildman–Crippen LogP) is 0.963. The van der Waals surface area contributed by atoms with Crippen LogP contribution in [0.3, 0.4) is 0 Å². The van der Waals surface area contributed by atoms with Gasteiger partial charge in [0.1, 0.15) is 0 Å². The van der Waals surface area contributed by atoms with Crippen LogP contribution in [0, 0.1) is 17.6 Å². The first-order chi connectivity index (χ1) is 11.7. The molecule has 25 heavy (non-hydrogen) atoms. The number of hydrogen-bond donors (Lipinski definition) is 0. The van der Waals surface area contributed by atoms with Crippen molar-refractivity contribution < 1.29 is 26.8 Å². The number of carbonyl (C=O) groups excluding carboxylic acids is 2. The second-order valence-electron chi connectivity index (χ2n) is 6.51. The highest BCUT2D eigenvalue weighted by molar-refractivity contribution is 7.91. The summed E-state index contributed by atoms with van der Waals surface area (Å²) < 4.78 is 49.6. The van der Waals surface area contributed by atoms with E-state index in [-0.39, 0.29) is 48.0 Å². The number of amides is 2. The first-order valence-corrected chi connectivity index (χ1v) is 9.72. The van der Waals surface area contributed by atoms with Crippen LogP contribution < -0.4 is 4.90 Å². The van der Waals surface area contributed by atoms with Gasteiger partial charge in [0.05, 0.1) is 17.4 Å². The van der Waals surface area contributed by atoms with Crippen molar-refractivity contribution in [2.75, 3.05) is 30.0 Å². The molecule has 0 spiro atoms. The summed E-state index contributed by atoms with van der Waals surface area (Å²) in [6.07, 6.45) is 0.347. The molecule has 2 fully saturated rings. The molecular formula is C16H18F2N2O4S. The first-order valence-electron chi connectivity index (χ1n) is 7.90. The van der Waals surface area contributed by atoms with E-state index in [1.54, 1.807) is 7.05 Å². The van der Waals surface area contributed by atoms with Crippen molar-refractivity contribution in [2.45, 2.75) is 18.9 Å². The highest BCUT2D eigenvalue weighted by Gasteiger charge is 2.40. The molecule has 3 rings (SSSR count). The van der Waals surface area contributed by atoms with Crippen molar-refractivity contribution >= 4 is 27.3 Å². The molecule has 6 nitrogen and oxygen atoms in total. The molecule has 2 unspecified atom stereocenters. The zero-order chi connectivity index (χ0) is 18.4. The van der Waals surface area contributed by atoms with Crippen LogP contribution in [0.15, 0.2) is 18.2 Å². The molecule has 1 aromatic rings. The van der Waals surface area contributed by atoms with Gasteiger partial charge in [-0.05, 0) is 18.6 Å². The summed E-state index contributed by atoms with van der Waals surface area (Å²) in [5, 5.41) is 0. The Morgan fingerprint density at radius 1 is 1.28 bits per heavy atom. The fourth-order valence-corrected chi connectivity index (χ4v) is 5.10. The molecular weight excluding hydrogens is 354 g/mol. The highest BCUT2D eigenvalue weighted by atomic mass is 32.2. The van der Waals surface area contributed by atoms with E-state index < -0.39 is 27.4 Å². The van der Waals surface area contributed by atoms with Crippen LogP contribution in [0.25, 0.3) is 0 Å². The minimum absolute atomic E-state index is 0.0400. The minimum Gasteiger partial charge on any atom is -0.341 e. The minimum atomic E-state index is -3.12. The predicted molar refractivity (Wildman–Crippen MR) is 86.6 cm³/mol. The Bertz CT molecular complexity index is 827. The second-order valence-corrected chi connectivity index (χ2v) is 8.74. The lowest BCUT2D eigenvalue weighted by Crippen LogP contribution is -2.42. The molecule has 0 aromatic heterocycles. The van der Waals surface area contributed by atoms with Gasteiger partial charge in [0.2, 0.25) is 11.8 Å². The smallest absolute Gasteiger partial charge is 0.228 e. The topological polar surface area (TPSA) is 74.8 Å². The lowest BCUT2D eigenvalue weighted by molar-refractivity contribution is -0.136. The third-order valence-electron chi connectivity index (χ3n) is 4.79. The maximum absolute atomic E-state index is 13.4. The zero-order valence-corrected chi connectivity index (χ0v) is 14.4. The summed E-state index contributed by atoms with van der Waals surface area (Å²) in [4.78, 5) is 27.4. The number of halogens is 2. The largest absolute Gasteiger partial charge is 0.341 e. The lowest BCUT2D eigenvalue weighted by atomic mass is 10.1. The van der Waals surface area contributed by atoms with Gasteiger partial charge in [-0.15, -0.1) is 0 Å². The standard InChI is InChI=1S/C16H18F2N2O4S/c1-19(12-4-5-25(23,24)9-12)16(22)10-6-15(21)20(8-10)11-2-3-13(17)14(18)7-11/h2-3,7,10,12H,4-6,8-9H2,1H3. The van der Waals surface area contributed by atoms with Gasteiger partial charge in [0, 0.05) is 37.8 Å². The van der Waals surface area contributed by atoms with E-state index >= 15 is 0 Å². The van der Waals surface area contributed by atoms with Crippen LogP contribution in [-0.4, -0.2) is 56.3 Å². The van der Waals surface area contributed by atoms with Gasteiger partial charge < -0.3 is 9.80 Å². The number of benzene rings is 1. The van der Waals surface area contributed by atoms with Crippen LogP contribution in [0.4, 0.5) is 14.5 Å². The summed E-state index contributed by atoms with van der Waals surface area (Å²) in [5.74, 6) is -3.37. The number of nitrogens with zero attached hydrogens (tertiary/aromatic N) is 2. The van der Waals surface area contributed by atoms with Gasteiger partial charge >= 0.3 is 0 Å². The maximum atomic E-state index is 13.4. The van der Waals surface area contributed by atoms with Crippen LogP contribution >= 0.6 is 0 Å². The molecule has 0 saturated carbocycles. The van der Waals surface area contributed by atoms with Crippen LogP contribution in [0.1, 0.15) is 12.8 Å². The van der Waals surface area contributed by atoms with E-state index in [9.17, 15) is 26.8 Å². The Labute approximate surface area is 144 Å². The monoisotopic (exact) mass is 372 g/mol. The highest BCUT2D eigenvalue weighted by Crippen LogP contribution is 2.28. The van der Waals surface area contributed by atoms with Crippen molar-refractivity contribution in [3.05, 3.63) is 29.8 Å². The summed E-state index contributed by atoms with van der Waals surface area (Å²) in [6, 6.07) is 2.76. The molecule has 9 heteroatoms. The summed E-state index contributed by atoms with van der Waals surface area (Å²) in [6.45, 7) is 0.0621. The zero-order valence-electron chi connectivity index (χ0n) is 13.6. The molecule has 2 atom stereocenters. The molecule has 2 amide bonds. The molecule has 2 heterocycles. The number of sulfone groups is 1. The third-order valence-corrected chi connectivity index (χ3v) is 6.54. The average Bonchev–Trinajstić information content (AvgIpc) is 3.11. The van der Waals surface area contributed by atoms with Crippen molar-refractivity contribution in [1.82, 2.24) is 4.90 Å². The van der Waals surface area contributed by atoms with E-state index in [1.165, 1.54) is 15.9 Å². The summed E-state index contributed by atoms with van der Waals surface area (Å²) >= 11 is 0. The normalized spacial score (nSPS) is 25.4. The van der Waals surface area contributed by atoms with Crippen LogP contribution in [0.2, 0.25) is 0 Å². The van der Waals surface area contributed by atoms with Crippen LogP contribution in [-0.2, 0) is 19.4 Å². The summed E-state index contributed by atoms with van der Waals surface area (Å²) in [5.41, 5.74) is 0.199. The van der Waals surface area contributed by atoms with Gasteiger partial charge in [0.15, 0.2) is 21.5 Å². The van der Waals surface area contributed by atoms with Gasteiger partial charge in [-0.3, -0.25) is 9.59 Å². The van der Waals surface area contributed by atoms with Gasteiger partial charge in [0.25, 0.3) is 0 Å². The SMILES string of the molecule is CN(C(=O)C1CC(=O)N(c2ccc(F)c(F)c2)C1)C1CCS(=O)(=O)C1. The third kappa shape index (κ3) is 3.51.